The number of nitrogens with zero attached hydrogens (tertiary/aromatic N) is 2. The van der Waals surface area contributed by atoms with Gasteiger partial charge in [-0.15, -0.1) is 12.6 Å². The van der Waals surface area contributed by atoms with Crippen molar-refractivity contribution in [3.8, 4) is 0 Å². The van der Waals surface area contributed by atoms with Crippen LogP contribution in [0.3, 0.4) is 0 Å². The van der Waals surface area contributed by atoms with E-state index < -0.39 is 5.44 Å². The number of aliphatic hydroxyl groups excluding tert-OH is 3. The Kier molecular flexibility index (Phi) is 9.84. The summed E-state index contributed by atoms with van der Waals surface area (Å²) in [6, 6.07) is 5.56. The molecule has 0 aliphatic heterocycles. The molecule has 0 saturated heterocycles. The summed E-state index contributed by atoms with van der Waals surface area (Å²) in [5.74, 6) is 0.783. The van der Waals surface area contributed by atoms with Gasteiger partial charge in [0.05, 0.1) is 18.6 Å². The van der Waals surface area contributed by atoms with Gasteiger partial charge in [0.25, 0.3) is 0 Å². The van der Waals surface area contributed by atoms with Gasteiger partial charge in [-0.25, -0.2) is 4.98 Å². The van der Waals surface area contributed by atoms with Gasteiger partial charge in [0.15, 0.2) is 0 Å². The minimum absolute atomic E-state index is 0.0660. The summed E-state index contributed by atoms with van der Waals surface area (Å²) in [4.78, 5) is 5.95. The summed E-state index contributed by atoms with van der Waals surface area (Å²) >= 11 is 3.52. The fourth-order valence-electron chi connectivity index (χ4n) is 1.12. The van der Waals surface area contributed by atoms with Gasteiger partial charge in [-0.1, -0.05) is 6.07 Å². The highest BCUT2D eigenvalue weighted by Gasteiger charge is 2.04. The zero-order chi connectivity index (χ0) is 13.1. The molecule has 0 spiro atoms. The minimum atomic E-state index is -0.472. The van der Waals surface area contributed by atoms with Crippen LogP contribution < -0.4 is 4.90 Å². The Labute approximate surface area is 107 Å². The standard InChI is InChI=1S/C9H14N2O2.C2H6OS/c12-7-5-11(6-8-13)9-3-1-2-4-10-9;1-2(3)4/h1-4,12-13H,5-8H2;2-4H,1H3. The highest BCUT2D eigenvalue weighted by Crippen LogP contribution is 2.07. The Morgan fingerprint density at radius 2 is 1.82 bits per heavy atom. The summed E-state index contributed by atoms with van der Waals surface area (Å²) in [7, 11) is 0. The number of aromatic nitrogens is 1. The summed E-state index contributed by atoms with van der Waals surface area (Å²) in [6.45, 7) is 2.71. The van der Waals surface area contributed by atoms with Crippen LogP contribution in [0.15, 0.2) is 24.4 Å². The van der Waals surface area contributed by atoms with E-state index in [1.165, 1.54) is 0 Å². The molecule has 1 unspecified atom stereocenters. The maximum atomic E-state index is 8.77. The molecule has 98 valence electrons. The van der Waals surface area contributed by atoms with Crippen LogP contribution in [0.25, 0.3) is 0 Å². The van der Waals surface area contributed by atoms with Crippen molar-refractivity contribution in [2.24, 2.45) is 0 Å². The van der Waals surface area contributed by atoms with Crippen molar-refractivity contribution >= 4 is 18.4 Å². The fraction of sp³-hybridized carbons (Fsp3) is 0.545. The van der Waals surface area contributed by atoms with E-state index in [1.807, 2.05) is 23.1 Å². The zero-order valence-electron chi connectivity index (χ0n) is 9.90. The van der Waals surface area contributed by atoms with Crippen molar-refractivity contribution in [1.82, 2.24) is 4.98 Å². The largest absolute Gasteiger partial charge is 0.395 e. The summed E-state index contributed by atoms with van der Waals surface area (Å²) in [6.07, 6.45) is 1.69. The molecule has 0 aromatic carbocycles. The van der Waals surface area contributed by atoms with Gasteiger partial charge >= 0.3 is 0 Å². The number of hydrogen-bond donors (Lipinski definition) is 4. The average molecular weight is 260 g/mol. The number of rotatable bonds is 5. The number of thiol groups is 1. The van der Waals surface area contributed by atoms with Crippen LogP contribution in [0.1, 0.15) is 6.92 Å². The second-order valence-electron chi connectivity index (χ2n) is 3.25. The van der Waals surface area contributed by atoms with Gasteiger partial charge in [-0.3, -0.25) is 0 Å². The Morgan fingerprint density at radius 3 is 2.18 bits per heavy atom. The lowest BCUT2D eigenvalue weighted by molar-refractivity contribution is 0.280. The van der Waals surface area contributed by atoms with Crippen LogP contribution in [0, 0.1) is 0 Å². The molecule has 1 atom stereocenters. The predicted molar refractivity (Wildman–Crippen MR) is 71.3 cm³/mol. The lowest BCUT2D eigenvalue weighted by Crippen LogP contribution is -2.30. The van der Waals surface area contributed by atoms with E-state index in [0.29, 0.717) is 13.1 Å². The third-order valence-corrected chi connectivity index (χ3v) is 1.71. The first-order valence-corrected chi connectivity index (χ1v) is 5.87. The monoisotopic (exact) mass is 260 g/mol. The first-order valence-electron chi connectivity index (χ1n) is 5.35. The van der Waals surface area contributed by atoms with Crippen LogP contribution in [-0.2, 0) is 0 Å². The predicted octanol–water partition coefficient (Wildman–Crippen LogP) is 0.127. The van der Waals surface area contributed by atoms with E-state index in [1.54, 1.807) is 13.1 Å². The molecular weight excluding hydrogens is 240 g/mol. The molecule has 0 aliphatic rings. The van der Waals surface area contributed by atoms with Gasteiger partial charge in [0.2, 0.25) is 0 Å². The molecule has 3 N–H and O–H groups in total. The van der Waals surface area contributed by atoms with Crippen LogP contribution in [0.2, 0.25) is 0 Å². The third-order valence-electron chi connectivity index (χ3n) is 1.71. The highest BCUT2D eigenvalue weighted by atomic mass is 32.1. The second-order valence-corrected chi connectivity index (χ2v) is 4.00. The first-order chi connectivity index (χ1) is 8.11. The van der Waals surface area contributed by atoms with E-state index in [0.717, 1.165) is 5.82 Å². The van der Waals surface area contributed by atoms with Crippen molar-refractivity contribution in [2.45, 2.75) is 12.4 Å². The molecule has 1 rings (SSSR count). The molecule has 6 heteroatoms. The van der Waals surface area contributed by atoms with Gasteiger partial charge in [-0.05, 0) is 19.1 Å². The number of aliphatic hydroxyl groups is 3. The zero-order valence-corrected chi connectivity index (χ0v) is 10.8. The van der Waals surface area contributed by atoms with E-state index >= 15 is 0 Å². The SMILES string of the molecule is CC(O)S.OCCN(CCO)c1ccccn1. The molecule has 1 aromatic rings. The van der Waals surface area contributed by atoms with Crippen molar-refractivity contribution in [1.29, 1.82) is 0 Å². The molecule has 0 fully saturated rings. The Balaban J connectivity index is 0.000000557. The van der Waals surface area contributed by atoms with Crippen LogP contribution >= 0.6 is 12.6 Å². The quantitative estimate of drug-likeness (QED) is 0.447. The lowest BCUT2D eigenvalue weighted by Gasteiger charge is -2.21. The average Bonchev–Trinajstić information content (AvgIpc) is 2.29. The van der Waals surface area contributed by atoms with Gasteiger partial charge in [0, 0.05) is 19.3 Å². The highest BCUT2D eigenvalue weighted by molar-refractivity contribution is 7.80. The number of hydrogen-bond acceptors (Lipinski definition) is 6. The number of anilines is 1. The number of pyridine rings is 1. The molecule has 0 radical (unpaired) electrons. The van der Waals surface area contributed by atoms with Crippen LogP contribution in [0.5, 0.6) is 0 Å². The van der Waals surface area contributed by atoms with Crippen molar-refractivity contribution in [3.63, 3.8) is 0 Å². The van der Waals surface area contributed by atoms with E-state index in [-0.39, 0.29) is 13.2 Å². The Morgan fingerprint density at radius 1 is 1.29 bits per heavy atom. The Bertz CT molecular complexity index is 264. The molecule has 1 aromatic heterocycles. The normalized spacial score (nSPS) is 11.4. The smallest absolute Gasteiger partial charge is 0.128 e. The van der Waals surface area contributed by atoms with E-state index in [9.17, 15) is 0 Å². The minimum Gasteiger partial charge on any atom is -0.395 e. The van der Waals surface area contributed by atoms with Crippen molar-refractivity contribution in [2.75, 3.05) is 31.2 Å². The molecule has 5 nitrogen and oxygen atoms in total. The fourth-order valence-corrected chi connectivity index (χ4v) is 1.12. The molecule has 1 heterocycles. The molecule has 17 heavy (non-hydrogen) atoms. The van der Waals surface area contributed by atoms with Gasteiger partial charge < -0.3 is 20.2 Å². The van der Waals surface area contributed by atoms with Crippen LogP contribution in [-0.4, -0.2) is 52.0 Å². The summed E-state index contributed by atoms with van der Waals surface area (Å²) in [5, 5.41) is 25.5. The lowest BCUT2D eigenvalue weighted by atomic mass is 10.4. The molecular formula is C11H20N2O3S. The van der Waals surface area contributed by atoms with Gasteiger partial charge in [-0.2, -0.15) is 0 Å². The molecule has 0 aliphatic carbocycles. The Hall–Kier alpha value is -0.820. The van der Waals surface area contributed by atoms with Crippen LogP contribution in [0.4, 0.5) is 5.82 Å². The molecule has 0 bridgehead atoms. The van der Waals surface area contributed by atoms with Crippen molar-refractivity contribution in [3.05, 3.63) is 24.4 Å². The van der Waals surface area contributed by atoms with Gasteiger partial charge in [0.1, 0.15) is 5.82 Å². The first kappa shape index (κ1) is 16.2. The summed E-state index contributed by atoms with van der Waals surface area (Å²) in [5.41, 5.74) is -0.472. The third kappa shape index (κ3) is 8.93. The molecule has 0 amide bonds. The molecule has 0 saturated carbocycles. The van der Waals surface area contributed by atoms with Crippen molar-refractivity contribution < 1.29 is 15.3 Å². The summed E-state index contributed by atoms with van der Waals surface area (Å²) < 4.78 is 0. The second kappa shape index (κ2) is 10.3. The maximum absolute atomic E-state index is 8.77. The maximum Gasteiger partial charge on any atom is 0.128 e. The van der Waals surface area contributed by atoms with E-state index in [4.69, 9.17) is 15.3 Å². The van der Waals surface area contributed by atoms with E-state index in [2.05, 4.69) is 17.6 Å². The topological polar surface area (TPSA) is 76.8 Å².